The zero-order chi connectivity index (χ0) is 20.6. The smallest absolute Gasteiger partial charge is 0.328 e. The molecule has 29 heavy (non-hydrogen) atoms. The zero-order valence-corrected chi connectivity index (χ0v) is 15.3. The molecule has 0 aliphatic carbocycles. The number of nitrogens with zero attached hydrogens (tertiary/aromatic N) is 1. The molecule has 5 amide bonds. The van der Waals surface area contributed by atoms with Crippen LogP contribution in [0.1, 0.15) is 18.4 Å². The second-order valence-corrected chi connectivity index (χ2v) is 6.70. The van der Waals surface area contributed by atoms with Gasteiger partial charge in [-0.25, -0.2) is 4.79 Å². The minimum absolute atomic E-state index is 0.00924. The maximum atomic E-state index is 12.5. The Morgan fingerprint density at radius 3 is 2.00 bits per heavy atom. The van der Waals surface area contributed by atoms with Crippen molar-refractivity contribution in [2.75, 3.05) is 4.90 Å². The van der Waals surface area contributed by atoms with Gasteiger partial charge in [-0.2, -0.15) is 0 Å². The summed E-state index contributed by atoms with van der Waals surface area (Å²) < 4.78 is 5.77. The summed E-state index contributed by atoms with van der Waals surface area (Å²) in [6, 6.07) is 12.9. The molecule has 8 nitrogen and oxygen atoms in total. The van der Waals surface area contributed by atoms with E-state index in [0.29, 0.717) is 17.2 Å². The van der Waals surface area contributed by atoms with Crippen molar-refractivity contribution in [3.63, 3.8) is 0 Å². The lowest BCUT2D eigenvalue weighted by atomic mass is 9.91. The third-order valence-corrected chi connectivity index (χ3v) is 4.98. The average Bonchev–Trinajstić information content (AvgIpc) is 3.06. The summed E-state index contributed by atoms with van der Waals surface area (Å²) in [6.45, 7) is 3.70. The fourth-order valence-electron chi connectivity index (χ4n) is 3.54. The number of benzene rings is 2. The Labute approximate surface area is 166 Å². The van der Waals surface area contributed by atoms with Gasteiger partial charge in [0, 0.05) is 12.1 Å². The monoisotopic (exact) mass is 391 g/mol. The molecule has 2 aliphatic rings. The molecule has 2 aromatic carbocycles. The Balaban J connectivity index is 1.60. The number of rotatable bonds is 4. The molecule has 2 aliphatic heterocycles. The van der Waals surface area contributed by atoms with Gasteiger partial charge in [0.15, 0.2) is 0 Å². The number of nitrogens with one attached hydrogen (secondary N) is 2. The highest BCUT2D eigenvalue weighted by Gasteiger charge is 2.60. The van der Waals surface area contributed by atoms with E-state index in [1.807, 2.05) is 12.1 Å². The van der Waals surface area contributed by atoms with Crippen molar-refractivity contribution in [1.82, 2.24) is 10.6 Å². The maximum absolute atomic E-state index is 12.5. The second kappa shape index (κ2) is 6.90. The number of ether oxygens (including phenoxy) is 1. The summed E-state index contributed by atoms with van der Waals surface area (Å²) in [5.74, 6) is -0.840. The molecule has 2 heterocycles. The summed E-state index contributed by atoms with van der Waals surface area (Å²) in [5, 5.41) is 4.16. The minimum Gasteiger partial charge on any atom is -0.457 e. The standard InChI is InChI=1S/C21H17N3O5/c1-2-13-3-7-15(8-4-13)29-16-9-5-14(6-10-16)24-17(25)11-12-21(24)18(26)22-20(28)23-19(21)27/h2-10H,1,11-12H2,(H2,22,23,26,27,28). The molecule has 8 heteroatoms. The Kier molecular flexibility index (Phi) is 4.38. The first-order valence-corrected chi connectivity index (χ1v) is 8.94. The van der Waals surface area contributed by atoms with Crippen molar-refractivity contribution in [2.24, 2.45) is 0 Å². The van der Waals surface area contributed by atoms with Crippen LogP contribution in [0.15, 0.2) is 55.1 Å². The average molecular weight is 391 g/mol. The molecular formula is C21H17N3O5. The largest absolute Gasteiger partial charge is 0.457 e. The van der Waals surface area contributed by atoms with E-state index in [-0.39, 0.29) is 18.7 Å². The van der Waals surface area contributed by atoms with E-state index in [9.17, 15) is 19.2 Å². The SMILES string of the molecule is C=Cc1ccc(Oc2ccc(N3C(=O)CCC34C(=O)NC(=O)NC4=O)cc2)cc1. The number of barbiturate groups is 1. The molecule has 146 valence electrons. The van der Waals surface area contributed by atoms with Crippen molar-refractivity contribution in [2.45, 2.75) is 18.4 Å². The number of carbonyl (C=O) groups excluding carboxylic acids is 4. The van der Waals surface area contributed by atoms with Crippen LogP contribution in [0.2, 0.25) is 0 Å². The van der Waals surface area contributed by atoms with Gasteiger partial charge in [0.1, 0.15) is 11.5 Å². The van der Waals surface area contributed by atoms with Crippen molar-refractivity contribution < 1.29 is 23.9 Å². The lowest BCUT2D eigenvalue weighted by molar-refractivity contribution is -0.138. The molecule has 2 N–H and O–H groups in total. The summed E-state index contributed by atoms with van der Waals surface area (Å²) in [5.41, 5.74) is -0.442. The van der Waals surface area contributed by atoms with Gasteiger partial charge in [0.25, 0.3) is 11.8 Å². The van der Waals surface area contributed by atoms with Gasteiger partial charge >= 0.3 is 6.03 Å². The second-order valence-electron chi connectivity index (χ2n) is 6.70. The number of hydrogen-bond donors (Lipinski definition) is 2. The number of imide groups is 2. The first kappa shape index (κ1) is 18.4. The molecule has 0 radical (unpaired) electrons. The van der Waals surface area contributed by atoms with Gasteiger partial charge in [-0.3, -0.25) is 29.9 Å². The first-order valence-electron chi connectivity index (χ1n) is 8.94. The minimum atomic E-state index is -1.77. The Hall–Kier alpha value is -3.94. The van der Waals surface area contributed by atoms with E-state index in [4.69, 9.17) is 4.74 Å². The van der Waals surface area contributed by atoms with E-state index >= 15 is 0 Å². The molecule has 1 spiro atoms. The normalized spacial score (nSPS) is 17.9. The molecule has 0 atom stereocenters. The van der Waals surface area contributed by atoms with Crippen LogP contribution in [0.5, 0.6) is 11.5 Å². The summed E-state index contributed by atoms with van der Waals surface area (Å²) >= 11 is 0. The van der Waals surface area contributed by atoms with E-state index in [1.165, 1.54) is 0 Å². The summed E-state index contributed by atoms with van der Waals surface area (Å²) in [6.07, 6.45) is 1.74. The van der Waals surface area contributed by atoms with Crippen LogP contribution in [0, 0.1) is 0 Å². The highest BCUT2D eigenvalue weighted by Crippen LogP contribution is 2.37. The summed E-state index contributed by atoms with van der Waals surface area (Å²) in [4.78, 5) is 50.1. The van der Waals surface area contributed by atoms with E-state index in [2.05, 4.69) is 17.2 Å². The van der Waals surface area contributed by atoms with Gasteiger partial charge in [-0.1, -0.05) is 24.8 Å². The number of amides is 5. The fraction of sp³-hybridized carbons (Fsp3) is 0.143. The molecule has 2 aromatic rings. The molecule has 0 saturated carbocycles. The van der Waals surface area contributed by atoms with Crippen LogP contribution in [0.4, 0.5) is 10.5 Å². The van der Waals surface area contributed by atoms with Gasteiger partial charge in [-0.15, -0.1) is 0 Å². The highest BCUT2D eigenvalue weighted by atomic mass is 16.5. The third kappa shape index (κ3) is 3.04. The molecule has 0 aromatic heterocycles. The lowest BCUT2D eigenvalue weighted by Gasteiger charge is -2.37. The van der Waals surface area contributed by atoms with Crippen molar-refractivity contribution in [1.29, 1.82) is 0 Å². The predicted molar refractivity (Wildman–Crippen MR) is 104 cm³/mol. The van der Waals surface area contributed by atoms with Crippen LogP contribution in [-0.2, 0) is 14.4 Å². The van der Waals surface area contributed by atoms with Crippen molar-refractivity contribution >= 4 is 35.5 Å². The van der Waals surface area contributed by atoms with Crippen LogP contribution in [0.3, 0.4) is 0 Å². The Morgan fingerprint density at radius 1 is 0.897 bits per heavy atom. The molecule has 4 rings (SSSR count). The lowest BCUT2D eigenvalue weighted by Crippen LogP contribution is -2.72. The number of urea groups is 1. The van der Waals surface area contributed by atoms with Gasteiger partial charge in [-0.05, 0) is 48.4 Å². The third-order valence-electron chi connectivity index (χ3n) is 4.98. The number of hydrogen-bond acceptors (Lipinski definition) is 5. The van der Waals surface area contributed by atoms with Crippen LogP contribution >= 0.6 is 0 Å². The predicted octanol–water partition coefficient (Wildman–Crippen LogP) is 2.35. The topological polar surface area (TPSA) is 105 Å². The Morgan fingerprint density at radius 2 is 1.45 bits per heavy atom. The molecule has 0 bridgehead atoms. The van der Waals surface area contributed by atoms with Gasteiger partial charge in [0.2, 0.25) is 11.4 Å². The van der Waals surface area contributed by atoms with Crippen LogP contribution < -0.4 is 20.3 Å². The fourth-order valence-corrected chi connectivity index (χ4v) is 3.54. The van der Waals surface area contributed by atoms with Crippen LogP contribution in [-0.4, -0.2) is 29.3 Å². The Bertz CT molecular complexity index is 1010. The molecular weight excluding hydrogens is 374 g/mol. The van der Waals surface area contributed by atoms with Gasteiger partial charge in [0.05, 0.1) is 0 Å². The molecule has 2 fully saturated rings. The molecule has 2 saturated heterocycles. The van der Waals surface area contributed by atoms with E-state index in [1.54, 1.807) is 42.5 Å². The van der Waals surface area contributed by atoms with Gasteiger partial charge < -0.3 is 4.74 Å². The summed E-state index contributed by atoms with van der Waals surface area (Å²) in [7, 11) is 0. The van der Waals surface area contributed by atoms with E-state index < -0.39 is 23.4 Å². The quantitative estimate of drug-likeness (QED) is 0.779. The van der Waals surface area contributed by atoms with Crippen LogP contribution in [0.25, 0.3) is 6.08 Å². The van der Waals surface area contributed by atoms with E-state index in [0.717, 1.165) is 10.5 Å². The highest BCUT2D eigenvalue weighted by molar-refractivity contribution is 6.28. The van der Waals surface area contributed by atoms with Crippen molar-refractivity contribution in [3.8, 4) is 11.5 Å². The van der Waals surface area contributed by atoms with Crippen molar-refractivity contribution in [3.05, 3.63) is 60.7 Å². The number of carbonyl (C=O) groups is 4. The first-order chi connectivity index (χ1) is 13.9. The number of anilines is 1. The molecule has 0 unspecified atom stereocenters. The zero-order valence-electron chi connectivity index (χ0n) is 15.3. The maximum Gasteiger partial charge on any atom is 0.328 e.